The van der Waals surface area contributed by atoms with E-state index in [1.54, 1.807) is 11.3 Å². The highest BCUT2D eigenvalue weighted by Crippen LogP contribution is 2.25. The van der Waals surface area contributed by atoms with Gasteiger partial charge in [-0.15, -0.1) is 11.3 Å². The number of amides is 1. The van der Waals surface area contributed by atoms with E-state index in [1.165, 1.54) is 0 Å². The van der Waals surface area contributed by atoms with Crippen LogP contribution in [0.25, 0.3) is 10.6 Å². The molecular weight excluding hydrogens is 322 g/mol. The molecule has 24 heavy (non-hydrogen) atoms. The summed E-state index contributed by atoms with van der Waals surface area (Å²) in [6.45, 7) is 9.65. The molecule has 0 radical (unpaired) electrons. The van der Waals surface area contributed by atoms with Crippen molar-refractivity contribution in [3.05, 3.63) is 29.3 Å². The molecule has 0 fully saturated rings. The molecule has 1 amide bonds. The molecule has 0 saturated carbocycles. The van der Waals surface area contributed by atoms with Crippen molar-refractivity contribution in [1.29, 1.82) is 0 Å². The van der Waals surface area contributed by atoms with Crippen molar-refractivity contribution in [1.82, 2.24) is 15.4 Å². The Bertz CT molecular complexity index is 606. The Labute approximate surface area is 148 Å². The van der Waals surface area contributed by atoms with Crippen molar-refractivity contribution in [2.24, 2.45) is 0 Å². The molecule has 2 heterocycles. The summed E-state index contributed by atoms with van der Waals surface area (Å²) in [5.41, 5.74) is 0.672. The first-order valence-electron chi connectivity index (χ1n) is 8.63. The van der Waals surface area contributed by atoms with E-state index < -0.39 is 0 Å². The second kappa shape index (κ2) is 9.59. The Kier molecular flexibility index (Phi) is 7.46. The summed E-state index contributed by atoms with van der Waals surface area (Å²) in [4.78, 5) is 15.6. The van der Waals surface area contributed by atoms with E-state index in [2.05, 4.69) is 36.1 Å². The lowest BCUT2D eigenvalue weighted by atomic mass is 10.1. The number of aromatic nitrogens is 1. The maximum atomic E-state index is 12.1. The number of hydrogen-bond acceptors (Lipinski definition) is 5. The van der Waals surface area contributed by atoms with E-state index in [4.69, 9.17) is 4.52 Å². The number of hydrogen-bond donors (Lipinski definition) is 1. The molecule has 0 aliphatic carbocycles. The summed E-state index contributed by atoms with van der Waals surface area (Å²) >= 11 is 1.60. The predicted octanol–water partition coefficient (Wildman–Crippen LogP) is 3.57. The highest BCUT2D eigenvalue weighted by Gasteiger charge is 2.13. The van der Waals surface area contributed by atoms with Crippen LogP contribution in [0.15, 0.2) is 28.1 Å². The lowest BCUT2D eigenvalue weighted by Crippen LogP contribution is -2.34. The number of nitrogens with zero attached hydrogens (tertiary/aromatic N) is 2. The summed E-state index contributed by atoms with van der Waals surface area (Å²) in [7, 11) is 0. The van der Waals surface area contributed by atoms with Gasteiger partial charge in [0, 0.05) is 12.1 Å². The lowest BCUT2D eigenvalue weighted by Gasteiger charge is -2.19. The molecule has 0 saturated heterocycles. The van der Waals surface area contributed by atoms with Gasteiger partial charge < -0.3 is 14.7 Å². The van der Waals surface area contributed by atoms with E-state index in [0.29, 0.717) is 5.69 Å². The van der Waals surface area contributed by atoms with Crippen LogP contribution in [0, 0.1) is 0 Å². The van der Waals surface area contributed by atoms with Gasteiger partial charge in [-0.2, -0.15) is 0 Å². The fourth-order valence-electron chi connectivity index (χ4n) is 2.65. The standard InChI is InChI=1S/C18H27N3O2S/c1-4-21(5-2)10-6-8-14(3)19-18(22)13-15-12-16(23-20-15)17-9-7-11-24-17/h7,9,11-12,14H,4-6,8,10,13H2,1-3H3,(H,19,22). The molecule has 1 atom stereocenters. The van der Waals surface area contributed by atoms with Crippen molar-refractivity contribution in [2.75, 3.05) is 19.6 Å². The molecule has 2 rings (SSSR count). The first kappa shape index (κ1) is 18.7. The third-order valence-corrected chi connectivity index (χ3v) is 4.96. The molecule has 0 bridgehead atoms. The summed E-state index contributed by atoms with van der Waals surface area (Å²) in [5.74, 6) is 0.719. The van der Waals surface area contributed by atoms with Crippen molar-refractivity contribution in [3.63, 3.8) is 0 Å². The predicted molar refractivity (Wildman–Crippen MR) is 98.1 cm³/mol. The second-order valence-electron chi connectivity index (χ2n) is 5.97. The van der Waals surface area contributed by atoms with E-state index in [9.17, 15) is 4.79 Å². The topological polar surface area (TPSA) is 58.4 Å². The van der Waals surface area contributed by atoms with Crippen LogP contribution >= 0.6 is 11.3 Å². The third-order valence-electron chi connectivity index (χ3n) is 4.08. The van der Waals surface area contributed by atoms with Crippen LogP contribution < -0.4 is 5.32 Å². The number of carbonyl (C=O) groups is 1. The summed E-state index contributed by atoms with van der Waals surface area (Å²) < 4.78 is 5.31. The van der Waals surface area contributed by atoms with Gasteiger partial charge >= 0.3 is 0 Å². The van der Waals surface area contributed by atoms with Crippen molar-refractivity contribution in [2.45, 2.75) is 46.1 Å². The van der Waals surface area contributed by atoms with Crippen LogP contribution in [0.3, 0.4) is 0 Å². The molecular formula is C18H27N3O2S. The van der Waals surface area contributed by atoms with Crippen LogP contribution in [0.1, 0.15) is 39.3 Å². The van der Waals surface area contributed by atoms with Crippen LogP contribution in [0.4, 0.5) is 0 Å². The molecule has 2 aromatic heterocycles. The number of rotatable bonds is 10. The van der Waals surface area contributed by atoms with Crippen LogP contribution in [-0.4, -0.2) is 41.6 Å². The van der Waals surface area contributed by atoms with Gasteiger partial charge in [-0.1, -0.05) is 25.1 Å². The average molecular weight is 350 g/mol. The zero-order valence-corrected chi connectivity index (χ0v) is 15.6. The maximum absolute atomic E-state index is 12.1. The van der Waals surface area contributed by atoms with Gasteiger partial charge in [-0.25, -0.2) is 0 Å². The molecule has 1 unspecified atom stereocenters. The quantitative estimate of drug-likeness (QED) is 0.712. The largest absolute Gasteiger partial charge is 0.355 e. The Hall–Kier alpha value is -1.66. The molecule has 0 aromatic carbocycles. The van der Waals surface area contributed by atoms with E-state index in [0.717, 1.165) is 43.1 Å². The number of carbonyl (C=O) groups excluding carboxylic acids is 1. The molecule has 0 aliphatic heterocycles. The second-order valence-corrected chi connectivity index (χ2v) is 6.92. The normalized spacial score (nSPS) is 12.5. The van der Waals surface area contributed by atoms with Gasteiger partial charge in [-0.3, -0.25) is 4.79 Å². The highest BCUT2D eigenvalue weighted by atomic mass is 32.1. The first-order chi connectivity index (χ1) is 11.6. The molecule has 5 nitrogen and oxygen atoms in total. The van der Waals surface area contributed by atoms with Crippen molar-refractivity contribution < 1.29 is 9.32 Å². The van der Waals surface area contributed by atoms with E-state index in [1.807, 2.05) is 23.6 Å². The van der Waals surface area contributed by atoms with Gasteiger partial charge in [-0.05, 0) is 50.8 Å². The summed E-state index contributed by atoms with van der Waals surface area (Å²) in [5, 5.41) is 9.03. The maximum Gasteiger partial charge on any atom is 0.226 e. The SMILES string of the molecule is CCN(CC)CCCC(C)NC(=O)Cc1cc(-c2cccs2)on1. The van der Waals surface area contributed by atoms with Gasteiger partial charge in [0.1, 0.15) is 0 Å². The average Bonchev–Trinajstić information content (AvgIpc) is 3.22. The fourth-order valence-corrected chi connectivity index (χ4v) is 3.33. The fraction of sp³-hybridized carbons (Fsp3) is 0.556. The van der Waals surface area contributed by atoms with Crippen LogP contribution in [0.2, 0.25) is 0 Å². The number of nitrogens with one attached hydrogen (secondary N) is 1. The molecule has 1 N–H and O–H groups in total. The Balaban J connectivity index is 1.72. The monoisotopic (exact) mass is 349 g/mol. The highest BCUT2D eigenvalue weighted by molar-refractivity contribution is 7.13. The zero-order valence-electron chi connectivity index (χ0n) is 14.7. The van der Waals surface area contributed by atoms with Crippen LogP contribution in [-0.2, 0) is 11.2 Å². The smallest absolute Gasteiger partial charge is 0.226 e. The van der Waals surface area contributed by atoms with Crippen molar-refractivity contribution >= 4 is 17.2 Å². The Morgan fingerprint density at radius 1 is 1.42 bits per heavy atom. The minimum atomic E-state index is -0.00336. The number of thiophene rings is 1. The Morgan fingerprint density at radius 2 is 2.21 bits per heavy atom. The minimum absolute atomic E-state index is 0.00336. The van der Waals surface area contributed by atoms with Crippen molar-refractivity contribution in [3.8, 4) is 10.6 Å². The van der Waals surface area contributed by atoms with Gasteiger partial charge in [0.2, 0.25) is 5.91 Å². The lowest BCUT2D eigenvalue weighted by molar-refractivity contribution is -0.121. The molecule has 0 aliphatic rings. The Morgan fingerprint density at radius 3 is 2.88 bits per heavy atom. The van der Waals surface area contributed by atoms with Gasteiger partial charge in [0.25, 0.3) is 0 Å². The molecule has 0 spiro atoms. The molecule has 6 heteroatoms. The molecule has 132 valence electrons. The minimum Gasteiger partial charge on any atom is -0.355 e. The third kappa shape index (κ3) is 5.76. The van der Waals surface area contributed by atoms with Gasteiger partial charge in [0.05, 0.1) is 17.0 Å². The zero-order chi connectivity index (χ0) is 17.4. The molecule has 2 aromatic rings. The summed E-state index contributed by atoms with van der Waals surface area (Å²) in [6, 6.07) is 5.97. The van der Waals surface area contributed by atoms with Gasteiger partial charge in [0.15, 0.2) is 5.76 Å². The first-order valence-corrected chi connectivity index (χ1v) is 9.51. The van der Waals surface area contributed by atoms with E-state index in [-0.39, 0.29) is 18.4 Å². The van der Waals surface area contributed by atoms with E-state index >= 15 is 0 Å². The van der Waals surface area contributed by atoms with Crippen LogP contribution in [0.5, 0.6) is 0 Å². The summed E-state index contributed by atoms with van der Waals surface area (Å²) in [6.07, 6.45) is 2.34.